The van der Waals surface area contributed by atoms with Crippen LogP contribution in [0.1, 0.15) is 5.56 Å². The van der Waals surface area contributed by atoms with Crippen LogP contribution in [0.4, 0.5) is 5.69 Å². The van der Waals surface area contributed by atoms with Gasteiger partial charge in [0.25, 0.3) is 5.56 Å². The van der Waals surface area contributed by atoms with Crippen molar-refractivity contribution < 1.29 is 4.79 Å². The van der Waals surface area contributed by atoms with Gasteiger partial charge in [0.05, 0.1) is 11.7 Å². The Balaban J connectivity index is 1.64. The van der Waals surface area contributed by atoms with Gasteiger partial charge in [-0.1, -0.05) is 48.0 Å². The van der Waals surface area contributed by atoms with Crippen LogP contribution in [0.3, 0.4) is 0 Å². The Hall–Kier alpha value is -3.25. The summed E-state index contributed by atoms with van der Waals surface area (Å²) in [5.74, 6) is -0.265. The SMILES string of the molecule is Cc1ccc(NC(=O)Cn2cnc3scc(-c4ccccc4)c3c2=O)cc1. The van der Waals surface area contributed by atoms with Crippen molar-refractivity contribution >= 4 is 33.1 Å². The highest BCUT2D eigenvalue weighted by Crippen LogP contribution is 2.30. The first-order valence-electron chi connectivity index (χ1n) is 8.50. The number of carbonyl (C=O) groups excluding carboxylic acids is 1. The molecule has 2 aromatic carbocycles. The van der Waals surface area contributed by atoms with Crippen LogP contribution in [-0.2, 0) is 11.3 Å². The second-order valence-electron chi connectivity index (χ2n) is 6.29. The summed E-state index contributed by atoms with van der Waals surface area (Å²) in [7, 11) is 0. The van der Waals surface area contributed by atoms with Gasteiger partial charge in [-0.25, -0.2) is 4.98 Å². The summed E-state index contributed by atoms with van der Waals surface area (Å²) in [4.78, 5) is 30.4. The van der Waals surface area contributed by atoms with E-state index in [0.717, 1.165) is 16.7 Å². The first-order chi connectivity index (χ1) is 13.1. The van der Waals surface area contributed by atoms with Gasteiger partial charge in [0.2, 0.25) is 5.91 Å². The van der Waals surface area contributed by atoms with Crippen LogP contribution in [0.15, 0.2) is 71.1 Å². The predicted octanol–water partition coefficient (Wildman–Crippen LogP) is 4.07. The van der Waals surface area contributed by atoms with E-state index in [-0.39, 0.29) is 18.0 Å². The number of fused-ring (bicyclic) bond motifs is 1. The Morgan fingerprint density at radius 3 is 2.59 bits per heavy atom. The molecule has 27 heavy (non-hydrogen) atoms. The van der Waals surface area contributed by atoms with Crippen molar-refractivity contribution in [1.29, 1.82) is 0 Å². The fourth-order valence-corrected chi connectivity index (χ4v) is 3.81. The lowest BCUT2D eigenvalue weighted by Crippen LogP contribution is -2.27. The molecule has 0 saturated heterocycles. The van der Waals surface area contributed by atoms with E-state index < -0.39 is 0 Å². The lowest BCUT2D eigenvalue weighted by Gasteiger charge is -2.08. The number of hydrogen-bond acceptors (Lipinski definition) is 4. The van der Waals surface area contributed by atoms with E-state index in [4.69, 9.17) is 0 Å². The van der Waals surface area contributed by atoms with Gasteiger partial charge in [0.1, 0.15) is 11.4 Å². The molecule has 134 valence electrons. The highest BCUT2D eigenvalue weighted by molar-refractivity contribution is 7.17. The molecule has 0 atom stereocenters. The second-order valence-corrected chi connectivity index (χ2v) is 7.15. The summed E-state index contributed by atoms with van der Waals surface area (Å²) >= 11 is 1.43. The Bertz CT molecular complexity index is 1160. The van der Waals surface area contributed by atoms with Crippen LogP contribution in [-0.4, -0.2) is 15.5 Å². The molecule has 0 radical (unpaired) electrons. The minimum Gasteiger partial charge on any atom is -0.325 e. The molecule has 1 amide bonds. The smallest absolute Gasteiger partial charge is 0.263 e. The molecule has 6 heteroatoms. The molecule has 0 fully saturated rings. The maximum absolute atomic E-state index is 13.0. The van der Waals surface area contributed by atoms with E-state index in [1.165, 1.54) is 22.2 Å². The van der Waals surface area contributed by atoms with Crippen LogP contribution in [0.25, 0.3) is 21.3 Å². The Morgan fingerprint density at radius 2 is 1.85 bits per heavy atom. The zero-order chi connectivity index (χ0) is 18.8. The summed E-state index contributed by atoms with van der Waals surface area (Å²) in [5, 5.41) is 5.30. The van der Waals surface area contributed by atoms with E-state index in [0.29, 0.717) is 15.9 Å². The summed E-state index contributed by atoms with van der Waals surface area (Å²) in [6.07, 6.45) is 1.44. The molecule has 0 aliphatic carbocycles. The molecule has 4 aromatic rings. The van der Waals surface area contributed by atoms with E-state index in [2.05, 4.69) is 10.3 Å². The number of amides is 1. The number of aryl methyl sites for hydroxylation is 1. The largest absolute Gasteiger partial charge is 0.325 e. The third-order valence-corrected chi connectivity index (χ3v) is 5.18. The quantitative estimate of drug-likeness (QED) is 0.585. The number of carbonyl (C=O) groups is 1. The molecule has 0 aliphatic rings. The number of nitrogens with one attached hydrogen (secondary N) is 1. The molecule has 0 spiro atoms. The standard InChI is InChI=1S/C21H17N3O2S/c1-14-7-9-16(10-8-14)23-18(25)11-24-13-22-20-19(21(24)26)17(12-27-20)15-5-3-2-4-6-15/h2-10,12-13H,11H2,1H3,(H,23,25). The number of anilines is 1. The van der Waals surface area contributed by atoms with Gasteiger partial charge in [0, 0.05) is 16.6 Å². The molecule has 0 saturated carbocycles. The lowest BCUT2D eigenvalue weighted by atomic mass is 10.1. The van der Waals surface area contributed by atoms with Gasteiger partial charge >= 0.3 is 0 Å². The number of rotatable bonds is 4. The van der Waals surface area contributed by atoms with Crippen LogP contribution in [0.2, 0.25) is 0 Å². The van der Waals surface area contributed by atoms with E-state index >= 15 is 0 Å². The predicted molar refractivity (Wildman–Crippen MR) is 109 cm³/mol. The number of aromatic nitrogens is 2. The molecule has 0 unspecified atom stereocenters. The molecule has 5 nitrogen and oxygen atoms in total. The van der Waals surface area contributed by atoms with E-state index in [9.17, 15) is 9.59 Å². The van der Waals surface area contributed by atoms with Gasteiger partial charge in [0.15, 0.2) is 0 Å². The van der Waals surface area contributed by atoms with Crippen molar-refractivity contribution in [1.82, 2.24) is 9.55 Å². The summed E-state index contributed by atoms with van der Waals surface area (Å²) in [5.41, 5.74) is 3.42. The fraction of sp³-hybridized carbons (Fsp3) is 0.0952. The lowest BCUT2D eigenvalue weighted by molar-refractivity contribution is -0.116. The molecule has 0 bridgehead atoms. The van der Waals surface area contributed by atoms with Crippen molar-refractivity contribution in [3.8, 4) is 11.1 Å². The van der Waals surface area contributed by atoms with Crippen molar-refractivity contribution in [3.63, 3.8) is 0 Å². The number of thiophene rings is 1. The minimum atomic E-state index is -0.265. The van der Waals surface area contributed by atoms with Crippen molar-refractivity contribution in [2.75, 3.05) is 5.32 Å². The van der Waals surface area contributed by atoms with E-state index in [1.807, 2.05) is 66.9 Å². The third kappa shape index (κ3) is 3.52. The molecule has 0 aliphatic heterocycles. The molecule has 2 heterocycles. The first-order valence-corrected chi connectivity index (χ1v) is 9.38. The topological polar surface area (TPSA) is 64.0 Å². The van der Waals surface area contributed by atoms with Crippen LogP contribution >= 0.6 is 11.3 Å². The van der Waals surface area contributed by atoms with Crippen molar-refractivity contribution in [3.05, 3.63) is 82.2 Å². The Morgan fingerprint density at radius 1 is 1.11 bits per heavy atom. The van der Waals surface area contributed by atoms with Crippen LogP contribution in [0.5, 0.6) is 0 Å². The third-order valence-electron chi connectivity index (χ3n) is 4.29. The molecule has 1 N–H and O–H groups in total. The van der Waals surface area contributed by atoms with Gasteiger partial charge in [-0.3, -0.25) is 14.2 Å². The highest BCUT2D eigenvalue weighted by atomic mass is 32.1. The number of benzene rings is 2. The zero-order valence-electron chi connectivity index (χ0n) is 14.7. The monoisotopic (exact) mass is 375 g/mol. The highest BCUT2D eigenvalue weighted by Gasteiger charge is 2.14. The summed E-state index contributed by atoms with van der Waals surface area (Å²) in [6, 6.07) is 17.2. The first kappa shape index (κ1) is 17.2. The number of hydrogen-bond donors (Lipinski definition) is 1. The van der Waals surface area contributed by atoms with Crippen molar-refractivity contribution in [2.45, 2.75) is 13.5 Å². The Labute approximate surface area is 159 Å². The molecule has 2 aromatic heterocycles. The fourth-order valence-electron chi connectivity index (χ4n) is 2.90. The minimum absolute atomic E-state index is 0.0836. The molecular weight excluding hydrogens is 358 g/mol. The Kier molecular flexibility index (Phi) is 4.56. The average molecular weight is 375 g/mol. The van der Waals surface area contributed by atoms with Crippen LogP contribution < -0.4 is 10.9 Å². The van der Waals surface area contributed by atoms with Crippen molar-refractivity contribution in [2.24, 2.45) is 0 Å². The maximum atomic E-state index is 13.0. The van der Waals surface area contributed by atoms with Gasteiger partial charge in [-0.2, -0.15) is 0 Å². The van der Waals surface area contributed by atoms with Gasteiger partial charge in [-0.05, 0) is 24.6 Å². The zero-order valence-corrected chi connectivity index (χ0v) is 15.5. The average Bonchev–Trinajstić information content (AvgIpc) is 3.11. The normalized spacial score (nSPS) is 10.9. The summed E-state index contributed by atoms with van der Waals surface area (Å²) < 4.78 is 1.35. The van der Waals surface area contributed by atoms with Gasteiger partial charge in [-0.15, -0.1) is 11.3 Å². The second kappa shape index (κ2) is 7.17. The maximum Gasteiger partial charge on any atom is 0.263 e. The van der Waals surface area contributed by atoms with Crippen LogP contribution in [0, 0.1) is 6.92 Å². The van der Waals surface area contributed by atoms with E-state index in [1.54, 1.807) is 0 Å². The number of nitrogens with zero attached hydrogens (tertiary/aromatic N) is 2. The summed E-state index contributed by atoms with van der Waals surface area (Å²) in [6.45, 7) is 1.90. The molecular formula is C21H17N3O2S. The molecule has 4 rings (SSSR count). The van der Waals surface area contributed by atoms with Gasteiger partial charge < -0.3 is 5.32 Å².